The van der Waals surface area contributed by atoms with Gasteiger partial charge >= 0.3 is 0 Å². The SMILES string of the molecule is CC(NCc1ccc2c(c1)C(Cc1ccccc1F)CO2)C(N)=O. The number of carbonyl (C=O) groups is 1. The largest absolute Gasteiger partial charge is 0.493 e. The van der Waals surface area contributed by atoms with Gasteiger partial charge in [0, 0.05) is 18.0 Å². The molecule has 0 radical (unpaired) electrons. The molecule has 3 N–H and O–H groups in total. The summed E-state index contributed by atoms with van der Waals surface area (Å²) in [6.45, 7) is 2.84. The van der Waals surface area contributed by atoms with E-state index in [1.807, 2.05) is 24.3 Å². The number of benzene rings is 2. The molecule has 0 aliphatic carbocycles. The number of ether oxygens (including phenoxy) is 1. The van der Waals surface area contributed by atoms with Crippen LogP contribution in [-0.4, -0.2) is 18.6 Å². The number of nitrogens with two attached hydrogens (primary N) is 1. The Hall–Kier alpha value is -2.40. The Balaban J connectivity index is 1.74. The van der Waals surface area contributed by atoms with Gasteiger partial charge in [0.15, 0.2) is 0 Å². The van der Waals surface area contributed by atoms with Crippen molar-refractivity contribution in [2.45, 2.75) is 31.8 Å². The molecule has 126 valence electrons. The summed E-state index contributed by atoms with van der Waals surface area (Å²) in [4.78, 5) is 11.1. The van der Waals surface area contributed by atoms with E-state index in [9.17, 15) is 9.18 Å². The first kappa shape index (κ1) is 16.5. The number of carbonyl (C=O) groups excluding carboxylic acids is 1. The zero-order valence-electron chi connectivity index (χ0n) is 13.6. The molecule has 24 heavy (non-hydrogen) atoms. The Morgan fingerprint density at radius 1 is 1.38 bits per heavy atom. The van der Waals surface area contributed by atoms with E-state index >= 15 is 0 Å². The van der Waals surface area contributed by atoms with Crippen LogP contribution in [0.25, 0.3) is 0 Å². The highest BCUT2D eigenvalue weighted by atomic mass is 19.1. The number of primary amides is 1. The highest BCUT2D eigenvalue weighted by Gasteiger charge is 2.25. The van der Waals surface area contributed by atoms with Crippen LogP contribution in [-0.2, 0) is 17.8 Å². The molecule has 5 heteroatoms. The Kier molecular flexibility index (Phi) is 4.81. The third-order valence-corrected chi connectivity index (χ3v) is 4.42. The van der Waals surface area contributed by atoms with Crippen LogP contribution in [0.15, 0.2) is 42.5 Å². The molecule has 1 aliphatic heterocycles. The maximum atomic E-state index is 13.9. The Labute approximate surface area is 140 Å². The summed E-state index contributed by atoms with van der Waals surface area (Å²) in [6, 6.07) is 12.4. The number of fused-ring (bicyclic) bond motifs is 1. The van der Waals surface area contributed by atoms with Gasteiger partial charge in [-0.05, 0) is 36.6 Å². The van der Waals surface area contributed by atoms with Crippen molar-refractivity contribution < 1.29 is 13.9 Å². The van der Waals surface area contributed by atoms with Gasteiger partial charge in [0.1, 0.15) is 11.6 Å². The topological polar surface area (TPSA) is 64.3 Å². The third-order valence-electron chi connectivity index (χ3n) is 4.42. The molecule has 1 amide bonds. The van der Waals surface area contributed by atoms with E-state index in [-0.39, 0.29) is 23.7 Å². The Morgan fingerprint density at radius 2 is 2.17 bits per heavy atom. The summed E-state index contributed by atoms with van der Waals surface area (Å²) in [5, 5.41) is 3.09. The summed E-state index contributed by atoms with van der Waals surface area (Å²) < 4.78 is 19.6. The van der Waals surface area contributed by atoms with Gasteiger partial charge in [-0.2, -0.15) is 0 Å². The second-order valence-corrected chi connectivity index (χ2v) is 6.18. The molecular formula is C19H21FN2O2. The van der Waals surface area contributed by atoms with E-state index in [1.165, 1.54) is 6.07 Å². The lowest BCUT2D eigenvalue weighted by Gasteiger charge is -2.13. The fourth-order valence-corrected chi connectivity index (χ4v) is 2.91. The molecule has 2 atom stereocenters. The minimum absolute atomic E-state index is 0.130. The van der Waals surface area contributed by atoms with Crippen LogP contribution in [0.3, 0.4) is 0 Å². The molecule has 0 spiro atoms. The first-order chi connectivity index (χ1) is 11.5. The monoisotopic (exact) mass is 328 g/mol. The fourth-order valence-electron chi connectivity index (χ4n) is 2.91. The predicted molar refractivity (Wildman–Crippen MR) is 90.3 cm³/mol. The summed E-state index contributed by atoms with van der Waals surface area (Å²) in [6.07, 6.45) is 0.605. The first-order valence-corrected chi connectivity index (χ1v) is 8.06. The van der Waals surface area contributed by atoms with Crippen molar-refractivity contribution in [2.75, 3.05) is 6.61 Å². The molecule has 3 rings (SSSR count). The predicted octanol–water partition coefficient (Wildman–Crippen LogP) is 2.51. The maximum absolute atomic E-state index is 13.9. The van der Waals surface area contributed by atoms with Crippen molar-refractivity contribution >= 4 is 5.91 Å². The second-order valence-electron chi connectivity index (χ2n) is 6.18. The molecule has 0 aromatic heterocycles. The van der Waals surface area contributed by atoms with Crippen LogP contribution in [0, 0.1) is 5.82 Å². The van der Waals surface area contributed by atoms with Crippen LogP contribution in [0.5, 0.6) is 5.75 Å². The van der Waals surface area contributed by atoms with Crippen molar-refractivity contribution in [2.24, 2.45) is 5.73 Å². The molecule has 0 fully saturated rings. The normalized spacial score (nSPS) is 17.2. The average Bonchev–Trinajstić information content (AvgIpc) is 2.97. The summed E-state index contributed by atoms with van der Waals surface area (Å²) in [5.74, 6) is 0.421. The smallest absolute Gasteiger partial charge is 0.234 e. The Bertz CT molecular complexity index is 748. The lowest BCUT2D eigenvalue weighted by Crippen LogP contribution is -2.38. The molecule has 1 aliphatic rings. The number of nitrogens with one attached hydrogen (secondary N) is 1. The minimum Gasteiger partial charge on any atom is -0.493 e. The van der Waals surface area contributed by atoms with E-state index in [0.717, 1.165) is 16.9 Å². The number of hydrogen-bond acceptors (Lipinski definition) is 3. The van der Waals surface area contributed by atoms with Gasteiger partial charge in [-0.25, -0.2) is 4.39 Å². The number of rotatable bonds is 6. The highest BCUT2D eigenvalue weighted by molar-refractivity contribution is 5.79. The van der Waals surface area contributed by atoms with E-state index in [1.54, 1.807) is 13.0 Å². The van der Waals surface area contributed by atoms with Crippen molar-refractivity contribution in [1.29, 1.82) is 0 Å². The van der Waals surface area contributed by atoms with Crippen LogP contribution in [0.4, 0.5) is 4.39 Å². The van der Waals surface area contributed by atoms with E-state index in [0.29, 0.717) is 25.1 Å². The van der Waals surface area contributed by atoms with Gasteiger partial charge in [-0.15, -0.1) is 0 Å². The van der Waals surface area contributed by atoms with Gasteiger partial charge in [0.2, 0.25) is 5.91 Å². The van der Waals surface area contributed by atoms with Crippen molar-refractivity contribution in [3.05, 3.63) is 65.0 Å². The zero-order chi connectivity index (χ0) is 17.1. The van der Waals surface area contributed by atoms with Gasteiger partial charge in [0.25, 0.3) is 0 Å². The molecule has 4 nitrogen and oxygen atoms in total. The molecule has 0 bridgehead atoms. The lowest BCUT2D eigenvalue weighted by atomic mass is 9.92. The van der Waals surface area contributed by atoms with E-state index in [2.05, 4.69) is 11.4 Å². The summed E-state index contributed by atoms with van der Waals surface area (Å²) >= 11 is 0. The molecule has 2 unspecified atom stereocenters. The quantitative estimate of drug-likeness (QED) is 0.856. The highest BCUT2D eigenvalue weighted by Crippen LogP contribution is 2.36. The second kappa shape index (κ2) is 7.01. The minimum atomic E-state index is -0.385. The van der Waals surface area contributed by atoms with Crippen LogP contribution in [0.1, 0.15) is 29.5 Å². The third kappa shape index (κ3) is 3.57. The molecule has 0 saturated heterocycles. The van der Waals surface area contributed by atoms with Crippen molar-refractivity contribution in [1.82, 2.24) is 5.32 Å². The van der Waals surface area contributed by atoms with Crippen LogP contribution < -0.4 is 15.8 Å². The number of amides is 1. The van der Waals surface area contributed by atoms with Crippen molar-refractivity contribution in [3.63, 3.8) is 0 Å². The van der Waals surface area contributed by atoms with Gasteiger partial charge in [0.05, 0.1) is 12.6 Å². The number of halogens is 1. The molecule has 2 aromatic carbocycles. The van der Waals surface area contributed by atoms with Crippen molar-refractivity contribution in [3.8, 4) is 5.75 Å². The van der Waals surface area contributed by atoms with Gasteiger partial charge in [-0.1, -0.05) is 30.3 Å². The lowest BCUT2D eigenvalue weighted by molar-refractivity contribution is -0.119. The molecule has 1 heterocycles. The van der Waals surface area contributed by atoms with Gasteiger partial charge in [-0.3, -0.25) is 4.79 Å². The van der Waals surface area contributed by atoms with E-state index in [4.69, 9.17) is 10.5 Å². The Morgan fingerprint density at radius 3 is 2.92 bits per heavy atom. The molecular weight excluding hydrogens is 307 g/mol. The van der Waals surface area contributed by atoms with Crippen LogP contribution in [0.2, 0.25) is 0 Å². The molecule has 2 aromatic rings. The summed E-state index contributed by atoms with van der Waals surface area (Å²) in [7, 11) is 0. The zero-order valence-corrected chi connectivity index (χ0v) is 13.6. The van der Waals surface area contributed by atoms with E-state index < -0.39 is 0 Å². The fraction of sp³-hybridized carbons (Fsp3) is 0.316. The van der Waals surface area contributed by atoms with Gasteiger partial charge < -0.3 is 15.8 Å². The molecule has 0 saturated carbocycles. The number of hydrogen-bond donors (Lipinski definition) is 2. The summed E-state index contributed by atoms with van der Waals surface area (Å²) in [5.41, 5.74) is 8.09. The van der Waals surface area contributed by atoms with Crippen LogP contribution >= 0.6 is 0 Å². The maximum Gasteiger partial charge on any atom is 0.234 e. The average molecular weight is 328 g/mol. The standard InChI is InChI=1S/C19H21FN2O2/c1-12(19(21)23)22-10-13-6-7-18-16(8-13)15(11-24-18)9-14-4-2-3-5-17(14)20/h2-8,12,15,22H,9-11H2,1H3,(H2,21,23). The first-order valence-electron chi connectivity index (χ1n) is 8.06.